The van der Waals surface area contributed by atoms with Gasteiger partial charge in [-0.2, -0.15) is 0 Å². The summed E-state index contributed by atoms with van der Waals surface area (Å²) in [5, 5.41) is 5.28. The van der Waals surface area contributed by atoms with Crippen LogP contribution >= 0.6 is 0 Å². The van der Waals surface area contributed by atoms with E-state index in [1.54, 1.807) is 22.3 Å². The summed E-state index contributed by atoms with van der Waals surface area (Å²) in [5.41, 5.74) is 14.5. The molecule has 0 radical (unpaired) electrons. The van der Waals surface area contributed by atoms with Gasteiger partial charge in [-0.1, -0.05) is 0 Å². The fourth-order valence-corrected chi connectivity index (χ4v) is 11.7. The van der Waals surface area contributed by atoms with Gasteiger partial charge in [0, 0.05) is 0 Å². The van der Waals surface area contributed by atoms with Crippen molar-refractivity contribution in [1.82, 2.24) is 0 Å². The number of hydrogen-bond acceptors (Lipinski definition) is 0. The Morgan fingerprint density at radius 3 is 1.29 bits per heavy atom. The molecule has 0 N–H and O–H groups in total. The van der Waals surface area contributed by atoms with Gasteiger partial charge in [-0.3, -0.25) is 0 Å². The first kappa shape index (κ1) is 25.0. The van der Waals surface area contributed by atoms with Crippen LogP contribution in [0.5, 0.6) is 0 Å². The fraction of sp³-hybridized carbons (Fsp3) is 0.100. The molecule has 0 aromatic heterocycles. The average Bonchev–Trinajstić information content (AvgIpc) is 3.51. The molecule has 41 heavy (non-hydrogen) atoms. The van der Waals surface area contributed by atoms with E-state index >= 15 is 0 Å². The van der Waals surface area contributed by atoms with E-state index in [9.17, 15) is 0 Å². The van der Waals surface area contributed by atoms with Crippen molar-refractivity contribution in [3.05, 3.63) is 155 Å². The van der Waals surface area contributed by atoms with E-state index < -0.39 is 23.2 Å². The summed E-state index contributed by atoms with van der Waals surface area (Å²) in [6.45, 7) is 4.75. The summed E-state index contributed by atoms with van der Waals surface area (Å²) < 4.78 is 1.17. The zero-order valence-corrected chi connectivity index (χ0v) is 25.8. The standard InChI is InChI=1S/2C20H15.Zr/c2*1-14-12-16-8-5-11-19(20(16)13-14)18-10-4-7-15-6-2-3-9-17(15)18;/h2*2-13H,1H3;. The molecule has 0 saturated heterocycles. The van der Waals surface area contributed by atoms with E-state index in [1.807, 2.05) is 0 Å². The van der Waals surface area contributed by atoms with Gasteiger partial charge in [0.05, 0.1) is 0 Å². The molecular formula is C40H30Zr. The van der Waals surface area contributed by atoms with Crippen LogP contribution in [0.25, 0.3) is 56.0 Å². The van der Waals surface area contributed by atoms with Crippen molar-refractivity contribution in [3.8, 4) is 22.3 Å². The van der Waals surface area contributed by atoms with Crippen molar-refractivity contribution in [2.45, 2.75) is 21.1 Å². The Kier molecular flexibility index (Phi) is 6.05. The summed E-state index contributed by atoms with van der Waals surface area (Å²) >= 11 is -0.930. The van der Waals surface area contributed by atoms with E-state index in [0.717, 1.165) is 0 Å². The van der Waals surface area contributed by atoms with Crippen LogP contribution < -0.4 is 0 Å². The van der Waals surface area contributed by atoms with Gasteiger partial charge in [0.1, 0.15) is 0 Å². The van der Waals surface area contributed by atoms with Crippen molar-refractivity contribution in [3.63, 3.8) is 0 Å². The molecule has 0 amide bonds. The van der Waals surface area contributed by atoms with Crippen LogP contribution in [-0.2, 0) is 23.2 Å². The number of allylic oxidation sites excluding steroid dienone is 2. The van der Waals surface area contributed by atoms with Gasteiger partial charge in [0.25, 0.3) is 0 Å². The molecule has 2 unspecified atom stereocenters. The van der Waals surface area contributed by atoms with Crippen LogP contribution in [0.15, 0.2) is 132 Å². The zero-order valence-electron chi connectivity index (χ0n) is 23.4. The molecule has 2 aliphatic carbocycles. The SMILES string of the molecule is CC1=Cc2c(-c3cccc4ccccc34)cccc2[CH]1[Zr][CH]1C(C)=Cc2c(-c3cccc4ccccc34)cccc21. The maximum atomic E-state index is 2.50. The van der Waals surface area contributed by atoms with Gasteiger partial charge in [0.15, 0.2) is 0 Å². The second-order valence-electron chi connectivity index (χ2n) is 11.5. The second-order valence-corrected chi connectivity index (χ2v) is 15.1. The summed E-state index contributed by atoms with van der Waals surface area (Å²) in [6.07, 6.45) is 5.00. The molecule has 2 atom stereocenters. The normalized spacial score (nSPS) is 17.3. The first-order chi connectivity index (χ1) is 20.2. The van der Waals surface area contributed by atoms with Gasteiger partial charge in [-0.05, 0) is 0 Å². The Morgan fingerprint density at radius 1 is 0.415 bits per heavy atom. The van der Waals surface area contributed by atoms with E-state index in [4.69, 9.17) is 0 Å². The van der Waals surface area contributed by atoms with E-state index in [2.05, 4.69) is 147 Å². The second kappa shape index (κ2) is 9.93. The molecule has 8 rings (SSSR count). The van der Waals surface area contributed by atoms with Crippen LogP contribution in [0.1, 0.15) is 43.4 Å². The molecule has 194 valence electrons. The maximum absolute atomic E-state index is 2.50. The van der Waals surface area contributed by atoms with Gasteiger partial charge >= 0.3 is 255 Å². The van der Waals surface area contributed by atoms with Gasteiger partial charge in [-0.25, -0.2) is 0 Å². The molecule has 0 aliphatic heterocycles. The molecule has 0 fully saturated rings. The molecule has 2 aliphatic rings. The topological polar surface area (TPSA) is 0 Å². The number of hydrogen-bond donors (Lipinski definition) is 0. The Morgan fingerprint density at radius 2 is 0.805 bits per heavy atom. The first-order valence-electron chi connectivity index (χ1n) is 14.5. The third-order valence-corrected chi connectivity index (χ3v) is 14.5. The quantitative estimate of drug-likeness (QED) is 0.189. The van der Waals surface area contributed by atoms with E-state index in [1.165, 1.54) is 54.9 Å². The van der Waals surface area contributed by atoms with Crippen LogP contribution in [-0.4, -0.2) is 0 Å². The molecule has 0 bridgehead atoms. The predicted octanol–water partition coefficient (Wildman–Crippen LogP) is 11.0. The van der Waals surface area contributed by atoms with Gasteiger partial charge < -0.3 is 0 Å². The molecule has 0 nitrogen and oxygen atoms in total. The minimum atomic E-state index is -0.930. The van der Waals surface area contributed by atoms with Crippen LogP contribution in [0.3, 0.4) is 0 Å². The molecule has 1 heteroatoms. The Balaban J connectivity index is 1.19. The van der Waals surface area contributed by atoms with Crippen molar-refractivity contribution in [2.24, 2.45) is 0 Å². The van der Waals surface area contributed by atoms with Crippen molar-refractivity contribution >= 4 is 33.7 Å². The summed E-state index contributed by atoms with van der Waals surface area (Å²) in [4.78, 5) is 0. The summed E-state index contributed by atoms with van der Waals surface area (Å²) in [6, 6.07) is 45.0. The number of rotatable bonds is 4. The van der Waals surface area contributed by atoms with Crippen molar-refractivity contribution < 1.29 is 23.2 Å². The predicted molar refractivity (Wildman–Crippen MR) is 172 cm³/mol. The average molecular weight is 602 g/mol. The van der Waals surface area contributed by atoms with Crippen LogP contribution in [0.2, 0.25) is 0 Å². The number of benzene rings is 6. The Hall–Kier alpha value is -3.80. The molecule has 0 heterocycles. The first-order valence-corrected chi connectivity index (χ1v) is 17.4. The van der Waals surface area contributed by atoms with Crippen molar-refractivity contribution in [1.29, 1.82) is 0 Å². The Bertz CT molecular complexity index is 1900. The van der Waals surface area contributed by atoms with Crippen molar-refractivity contribution in [2.75, 3.05) is 0 Å². The zero-order chi connectivity index (χ0) is 27.5. The monoisotopic (exact) mass is 600 g/mol. The molecule has 6 aromatic carbocycles. The summed E-state index contributed by atoms with van der Waals surface area (Å²) in [5.74, 6) is 0. The molecule has 0 spiro atoms. The Labute approximate surface area is 253 Å². The fourth-order valence-electron chi connectivity index (χ4n) is 7.10. The van der Waals surface area contributed by atoms with Crippen LogP contribution in [0.4, 0.5) is 0 Å². The van der Waals surface area contributed by atoms with Gasteiger partial charge in [-0.15, -0.1) is 0 Å². The van der Waals surface area contributed by atoms with Crippen LogP contribution in [0, 0.1) is 0 Å². The third kappa shape index (κ3) is 4.05. The molecular weight excluding hydrogens is 572 g/mol. The van der Waals surface area contributed by atoms with E-state index in [-0.39, 0.29) is 0 Å². The minimum absolute atomic E-state index is 0.587. The molecule has 6 aromatic rings. The summed E-state index contributed by atoms with van der Waals surface area (Å²) in [7, 11) is 0. The van der Waals surface area contributed by atoms with Gasteiger partial charge in [0.2, 0.25) is 0 Å². The number of fused-ring (bicyclic) bond motifs is 4. The molecule has 0 saturated carbocycles. The third-order valence-electron chi connectivity index (χ3n) is 9.05. The van der Waals surface area contributed by atoms with E-state index in [0.29, 0.717) is 7.25 Å².